The average molecular weight is 512 g/mol. The molecule has 2 N–H and O–H groups in total. The topological polar surface area (TPSA) is 93.5 Å². The average Bonchev–Trinajstić information content (AvgIpc) is 3.18. The van der Waals surface area contributed by atoms with E-state index in [2.05, 4.69) is 26.1 Å². The Labute approximate surface area is 212 Å². The molecule has 0 spiro atoms. The van der Waals surface area contributed by atoms with Crippen molar-refractivity contribution in [3.8, 4) is 11.4 Å². The second-order valence-electron chi connectivity index (χ2n) is 11.0. The number of cyclic esters (lactones) is 1. The first-order chi connectivity index (χ1) is 16.9. The summed E-state index contributed by atoms with van der Waals surface area (Å²) in [5, 5.41) is 15.8. The number of nitrogens with one attached hydrogen (secondary N) is 1. The zero-order chi connectivity index (χ0) is 25.7. The van der Waals surface area contributed by atoms with Crippen LogP contribution in [0.25, 0.3) is 22.3 Å². The van der Waals surface area contributed by atoms with Gasteiger partial charge in [0, 0.05) is 34.2 Å². The van der Waals surface area contributed by atoms with Crippen LogP contribution in [0.15, 0.2) is 16.9 Å². The third-order valence-electron chi connectivity index (χ3n) is 7.65. The maximum Gasteiger partial charge on any atom is 0.343 e. The van der Waals surface area contributed by atoms with E-state index in [1.165, 1.54) is 6.07 Å². The van der Waals surface area contributed by atoms with Crippen molar-refractivity contribution >= 4 is 28.5 Å². The molecular weight excluding hydrogens is 485 g/mol. The fraction of sp³-hybridized carbons (Fsp3) is 0.444. The molecule has 4 heterocycles. The Hall–Kier alpha value is -2.81. The minimum absolute atomic E-state index is 0.0459. The van der Waals surface area contributed by atoms with Gasteiger partial charge in [0.1, 0.15) is 12.4 Å². The van der Waals surface area contributed by atoms with Gasteiger partial charge in [0.2, 0.25) is 0 Å². The molecule has 0 saturated carbocycles. The fourth-order valence-electron chi connectivity index (χ4n) is 6.02. The van der Waals surface area contributed by atoms with E-state index in [4.69, 9.17) is 21.3 Å². The molecule has 0 saturated heterocycles. The van der Waals surface area contributed by atoms with Crippen LogP contribution in [-0.2, 0) is 34.7 Å². The Kier molecular flexibility index (Phi) is 4.98. The lowest BCUT2D eigenvalue weighted by Gasteiger charge is -2.34. The number of nitrogens with zero attached hydrogens (tertiary/aromatic N) is 2. The van der Waals surface area contributed by atoms with Crippen molar-refractivity contribution in [1.82, 2.24) is 14.9 Å². The zero-order valence-corrected chi connectivity index (χ0v) is 21.3. The highest BCUT2D eigenvalue weighted by Gasteiger charge is 2.46. The molecule has 2 aromatic heterocycles. The molecule has 2 atom stereocenters. The lowest BCUT2D eigenvalue weighted by Crippen LogP contribution is -2.44. The number of aromatic nitrogens is 2. The smallest absolute Gasteiger partial charge is 0.343 e. The van der Waals surface area contributed by atoms with Gasteiger partial charge < -0.3 is 19.7 Å². The summed E-state index contributed by atoms with van der Waals surface area (Å²) in [6.07, 6.45) is 1.40. The molecular formula is C27H27ClFN3O4. The quantitative estimate of drug-likeness (QED) is 0.391. The highest BCUT2D eigenvalue weighted by molar-refractivity contribution is 6.32. The Morgan fingerprint density at radius 2 is 2.03 bits per heavy atom. The van der Waals surface area contributed by atoms with Crippen LogP contribution in [0.5, 0.6) is 0 Å². The summed E-state index contributed by atoms with van der Waals surface area (Å²) in [6.45, 7) is 8.04. The van der Waals surface area contributed by atoms with Crippen molar-refractivity contribution in [2.24, 2.45) is 0 Å². The SMILES string of the molecule is CC[C@@]1(O)C(=O)OCc2c1cc1n(c2=O)Cc2c-1nc1cc(F)c(Cl)c3c1c2[C@H](NC(C)(C)C)CC3. The third-order valence-corrected chi connectivity index (χ3v) is 8.06. The maximum atomic E-state index is 14.8. The van der Waals surface area contributed by atoms with Crippen molar-refractivity contribution in [1.29, 1.82) is 0 Å². The molecule has 36 heavy (non-hydrogen) atoms. The van der Waals surface area contributed by atoms with Gasteiger partial charge in [0.05, 0.1) is 34.0 Å². The molecule has 188 valence electrons. The van der Waals surface area contributed by atoms with E-state index < -0.39 is 17.4 Å². The molecule has 9 heteroatoms. The van der Waals surface area contributed by atoms with E-state index in [1.807, 2.05) is 0 Å². The zero-order valence-electron chi connectivity index (χ0n) is 20.6. The number of aryl methyl sites for hydroxylation is 1. The Morgan fingerprint density at radius 3 is 2.72 bits per heavy atom. The standard InChI is InChI=1S/C27H27ClFN3O4/c1-5-27(35)15-8-19-23-13(10-32(19)24(33)14(15)11-36-25(27)34)21-17(31-26(2,3)4)7-6-12-20(21)18(30-23)9-16(29)22(12)28/h8-9,17,31,35H,5-7,10-11H2,1-4H3/t17-,27+/m1/s1. The van der Waals surface area contributed by atoms with E-state index in [0.29, 0.717) is 23.3 Å². The first-order valence-electron chi connectivity index (χ1n) is 12.2. The first-order valence-corrected chi connectivity index (χ1v) is 12.6. The van der Waals surface area contributed by atoms with Crippen LogP contribution in [0.1, 0.15) is 74.4 Å². The lowest BCUT2D eigenvalue weighted by molar-refractivity contribution is -0.172. The number of halogens is 2. The molecule has 0 amide bonds. The van der Waals surface area contributed by atoms with Gasteiger partial charge in [-0.25, -0.2) is 14.2 Å². The molecule has 0 bridgehead atoms. The van der Waals surface area contributed by atoms with Crippen LogP contribution in [0, 0.1) is 5.82 Å². The Balaban J connectivity index is 1.67. The van der Waals surface area contributed by atoms with Gasteiger partial charge in [-0.2, -0.15) is 0 Å². The summed E-state index contributed by atoms with van der Waals surface area (Å²) in [7, 11) is 0. The van der Waals surface area contributed by atoms with Gasteiger partial charge in [-0.15, -0.1) is 0 Å². The Bertz CT molecular complexity index is 1560. The highest BCUT2D eigenvalue weighted by Crippen LogP contribution is 2.47. The second kappa shape index (κ2) is 7.60. The second-order valence-corrected chi connectivity index (χ2v) is 11.4. The first kappa shape index (κ1) is 23.6. The van der Waals surface area contributed by atoms with Crippen molar-refractivity contribution < 1.29 is 19.0 Å². The molecule has 2 aliphatic heterocycles. The summed E-state index contributed by atoms with van der Waals surface area (Å²) < 4.78 is 21.6. The number of hydrogen-bond donors (Lipinski definition) is 2. The molecule has 7 nitrogen and oxygen atoms in total. The monoisotopic (exact) mass is 511 g/mol. The highest BCUT2D eigenvalue weighted by atomic mass is 35.5. The lowest BCUT2D eigenvalue weighted by atomic mass is 9.82. The van der Waals surface area contributed by atoms with Gasteiger partial charge in [-0.3, -0.25) is 4.79 Å². The van der Waals surface area contributed by atoms with Crippen LogP contribution < -0.4 is 10.9 Å². The van der Waals surface area contributed by atoms with Crippen LogP contribution in [-0.4, -0.2) is 26.2 Å². The van der Waals surface area contributed by atoms with Gasteiger partial charge in [0.25, 0.3) is 5.56 Å². The summed E-state index contributed by atoms with van der Waals surface area (Å²) in [6, 6.07) is 2.99. The molecule has 3 aliphatic rings. The summed E-state index contributed by atoms with van der Waals surface area (Å²) in [4.78, 5) is 30.9. The molecule has 0 unspecified atom stereocenters. The van der Waals surface area contributed by atoms with Gasteiger partial charge in [0.15, 0.2) is 5.60 Å². The summed E-state index contributed by atoms with van der Waals surface area (Å²) in [5.74, 6) is -1.29. The van der Waals surface area contributed by atoms with E-state index in [-0.39, 0.29) is 52.9 Å². The van der Waals surface area contributed by atoms with Crippen LogP contribution in [0.3, 0.4) is 0 Å². The van der Waals surface area contributed by atoms with Crippen molar-refractivity contribution in [3.05, 3.63) is 61.1 Å². The van der Waals surface area contributed by atoms with E-state index in [9.17, 15) is 19.1 Å². The number of pyridine rings is 2. The molecule has 1 aromatic carbocycles. The van der Waals surface area contributed by atoms with Gasteiger partial charge in [-0.1, -0.05) is 18.5 Å². The Morgan fingerprint density at radius 1 is 1.28 bits per heavy atom. The number of fused-ring (bicyclic) bond motifs is 5. The summed E-state index contributed by atoms with van der Waals surface area (Å²) in [5.41, 5.74) is 2.25. The normalized spacial score (nSPS) is 22.3. The molecule has 1 aliphatic carbocycles. The predicted octanol–water partition coefficient (Wildman–Crippen LogP) is 4.25. The number of ether oxygens (including phenoxy) is 1. The van der Waals surface area contributed by atoms with Crippen LogP contribution >= 0.6 is 11.6 Å². The van der Waals surface area contributed by atoms with Crippen molar-refractivity contribution in [2.45, 2.75) is 77.3 Å². The molecule has 3 aromatic rings. The number of esters is 1. The number of carbonyl (C=O) groups is 1. The number of benzene rings is 1. The third kappa shape index (κ3) is 3.14. The predicted molar refractivity (Wildman–Crippen MR) is 133 cm³/mol. The largest absolute Gasteiger partial charge is 0.458 e. The van der Waals surface area contributed by atoms with Gasteiger partial charge in [-0.05, 0) is 57.2 Å². The number of hydrogen-bond acceptors (Lipinski definition) is 6. The minimum atomic E-state index is -1.90. The van der Waals surface area contributed by atoms with E-state index >= 15 is 0 Å². The van der Waals surface area contributed by atoms with Crippen molar-refractivity contribution in [2.75, 3.05) is 0 Å². The van der Waals surface area contributed by atoms with Crippen LogP contribution in [0.4, 0.5) is 4.39 Å². The van der Waals surface area contributed by atoms with E-state index in [0.717, 1.165) is 28.5 Å². The maximum absolute atomic E-state index is 14.8. The molecule has 6 rings (SSSR count). The summed E-state index contributed by atoms with van der Waals surface area (Å²) >= 11 is 6.42. The number of rotatable bonds is 2. The van der Waals surface area contributed by atoms with Crippen molar-refractivity contribution in [3.63, 3.8) is 0 Å². The minimum Gasteiger partial charge on any atom is -0.458 e. The van der Waals surface area contributed by atoms with E-state index in [1.54, 1.807) is 17.6 Å². The van der Waals surface area contributed by atoms with Gasteiger partial charge >= 0.3 is 5.97 Å². The molecule has 0 fully saturated rings. The van der Waals surface area contributed by atoms with Crippen LogP contribution in [0.2, 0.25) is 5.02 Å². The number of aliphatic hydroxyl groups is 1. The molecule has 0 radical (unpaired) electrons. The number of carbonyl (C=O) groups excluding carboxylic acids is 1. The fourth-order valence-corrected chi connectivity index (χ4v) is 6.26.